The van der Waals surface area contributed by atoms with Crippen molar-refractivity contribution < 1.29 is 0 Å². The molecule has 0 unspecified atom stereocenters. The van der Waals surface area contributed by atoms with E-state index in [1.54, 1.807) is 0 Å². The number of aromatic nitrogens is 2. The van der Waals surface area contributed by atoms with Crippen molar-refractivity contribution in [2.75, 3.05) is 10.6 Å². The van der Waals surface area contributed by atoms with Gasteiger partial charge >= 0.3 is 0 Å². The number of rotatable bonds is 4. The first kappa shape index (κ1) is 16.5. The summed E-state index contributed by atoms with van der Waals surface area (Å²) in [5.74, 6) is 1.34. The van der Waals surface area contributed by atoms with Crippen LogP contribution in [0.2, 0.25) is 0 Å². The average Bonchev–Trinajstić information content (AvgIpc) is 2.45. The molecule has 2 N–H and O–H groups in total. The van der Waals surface area contributed by atoms with Crippen molar-refractivity contribution in [3.63, 3.8) is 0 Å². The third-order valence-corrected chi connectivity index (χ3v) is 3.92. The minimum Gasteiger partial charge on any atom is -0.340 e. The molecule has 5 heteroatoms. The summed E-state index contributed by atoms with van der Waals surface area (Å²) in [4.78, 5) is 9.04. The van der Waals surface area contributed by atoms with Crippen LogP contribution < -0.4 is 10.6 Å². The Labute approximate surface area is 150 Å². The first-order valence-corrected chi connectivity index (χ1v) is 8.51. The molecule has 0 saturated carbocycles. The summed E-state index contributed by atoms with van der Waals surface area (Å²) in [6, 6.07) is 16.2. The van der Waals surface area contributed by atoms with Crippen molar-refractivity contribution in [3.8, 4) is 0 Å². The molecular weight excluding hydrogens is 364 g/mol. The van der Waals surface area contributed by atoms with E-state index < -0.39 is 0 Å². The van der Waals surface area contributed by atoms with Crippen LogP contribution in [-0.4, -0.2) is 9.97 Å². The molecule has 1 aromatic heterocycles. The van der Waals surface area contributed by atoms with Gasteiger partial charge in [0.15, 0.2) is 0 Å². The Morgan fingerprint density at radius 3 is 2.25 bits per heavy atom. The highest BCUT2D eigenvalue weighted by Gasteiger charge is 2.05. The van der Waals surface area contributed by atoms with Gasteiger partial charge in [0.05, 0.1) is 0 Å². The van der Waals surface area contributed by atoms with Crippen LogP contribution in [0.3, 0.4) is 0 Å². The third kappa shape index (κ3) is 4.32. The Morgan fingerprint density at radius 1 is 0.792 bits per heavy atom. The molecule has 2 aromatic carbocycles. The lowest BCUT2D eigenvalue weighted by atomic mass is 10.1. The lowest BCUT2D eigenvalue weighted by Gasteiger charge is -2.11. The molecule has 0 aliphatic heterocycles. The molecule has 1 heterocycles. The van der Waals surface area contributed by atoms with E-state index in [0.29, 0.717) is 5.95 Å². The minimum atomic E-state index is 0.581. The SMILES string of the molecule is Cc1cc(C)cc(Nc2nc(C)cc(Nc3cccc(Br)c3)n2)c1. The number of benzene rings is 2. The number of aryl methyl sites for hydroxylation is 3. The summed E-state index contributed by atoms with van der Waals surface area (Å²) < 4.78 is 1.02. The van der Waals surface area contributed by atoms with Gasteiger partial charge in [-0.1, -0.05) is 28.1 Å². The highest BCUT2D eigenvalue weighted by molar-refractivity contribution is 9.10. The van der Waals surface area contributed by atoms with Crippen molar-refractivity contribution in [2.24, 2.45) is 0 Å². The largest absolute Gasteiger partial charge is 0.340 e. The van der Waals surface area contributed by atoms with Crippen LogP contribution in [0.1, 0.15) is 16.8 Å². The first-order chi connectivity index (χ1) is 11.5. The highest BCUT2D eigenvalue weighted by atomic mass is 79.9. The van der Waals surface area contributed by atoms with Gasteiger partial charge < -0.3 is 10.6 Å². The number of halogens is 1. The van der Waals surface area contributed by atoms with Crippen molar-refractivity contribution >= 4 is 39.1 Å². The number of hydrogen-bond donors (Lipinski definition) is 2. The van der Waals surface area contributed by atoms with Gasteiger partial charge in [0.1, 0.15) is 5.82 Å². The quantitative estimate of drug-likeness (QED) is 0.611. The second-order valence-corrected chi connectivity index (χ2v) is 6.77. The molecule has 24 heavy (non-hydrogen) atoms. The highest BCUT2D eigenvalue weighted by Crippen LogP contribution is 2.22. The standard InChI is InChI=1S/C19H19BrN4/c1-12-7-13(2)9-17(8-12)23-19-21-14(3)10-18(24-19)22-16-6-4-5-15(20)11-16/h4-11H,1-3H3,(H2,21,22,23,24). The van der Waals surface area contributed by atoms with Crippen molar-refractivity contribution in [1.82, 2.24) is 9.97 Å². The zero-order valence-corrected chi connectivity index (χ0v) is 15.5. The van der Waals surface area contributed by atoms with E-state index in [-0.39, 0.29) is 0 Å². The lowest BCUT2D eigenvalue weighted by Crippen LogP contribution is -2.02. The van der Waals surface area contributed by atoms with Gasteiger partial charge in [-0.2, -0.15) is 4.98 Å². The van der Waals surface area contributed by atoms with E-state index in [0.717, 1.165) is 27.4 Å². The maximum absolute atomic E-state index is 4.56. The van der Waals surface area contributed by atoms with Crippen LogP contribution in [0.4, 0.5) is 23.1 Å². The van der Waals surface area contributed by atoms with Crippen LogP contribution in [0.5, 0.6) is 0 Å². The molecular formula is C19H19BrN4. The zero-order valence-electron chi connectivity index (χ0n) is 13.9. The van der Waals surface area contributed by atoms with Gasteiger partial charge in [0.2, 0.25) is 5.95 Å². The van der Waals surface area contributed by atoms with Crippen molar-refractivity contribution in [2.45, 2.75) is 20.8 Å². The predicted octanol–water partition coefficient (Wildman–Crippen LogP) is 5.65. The molecule has 3 rings (SSSR count). The second-order valence-electron chi connectivity index (χ2n) is 5.85. The fourth-order valence-corrected chi connectivity index (χ4v) is 2.98. The molecule has 0 spiro atoms. The number of nitrogens with zero attached hydrogens (tertiary/aromatic N) is 2. The van der Waals surface area contributed by atoms with Crippen molar-refractivity contribution in [3.05, 3.63) is 69.8 Å². The van der Waals surface area contributed by atoms with Gasteiger partial charge in [-0.3, -0.25) is 0 Å². The molecule has 122 valence electrons. The van der Waals surface area contributed by atoms with Gasteiger partial charge in [0, 0.05) is 27.6 Å². The molecule has 0 aliphatic carbocycles. The van der Waals surface area contributed by atoms with E-state index in [2.05, 4.69) is 68.6 Å². The summed E-state index contributed by atoms with van der Waals surface area (Å²) in [6.07, 6.45) is 0. The third-order valence-electron chi connectivity index (χ3n) is 3.43. The summed E-state index contributed by atoms with van der Waals surface area (Å²) in [7, 11) is 0. The average molecular weight is 383 g/mol. The van der Waals surface area contributed by atoms with Gasteiger partial charge in [-0.15, -0.1) is 0 Å². The monoisotopic (exact) mass is 382 g/mol. The Hall–Kier alpha value is -2.40. The number of nitrogens with one attached hydrogen (secondary N) is 2. The number of hydrogen-bond acceptors (Lipinski definition) is 4. The van der Waals surface area contributed by atoms with E-state index in [1.165, 1.54) is 11.1 Å². The second kappa shape index (κ2) is 7.01. The van der Waals surface area contributed by atoms with Crippen LogP contribution in [-0.2, 0) is 0 Å². The normalized spacial score (nSPS) is 10.5. The summed E-state index contributed by atoms with van der Waals surface area (Å²) in [5.41, 5.74) is 5.27. The van der Waals surface area contributed by atoms with Crippen molar-refractivity contribution in [1.29, 1.82) is 0 Å². The predicted molar refractivity (Wildman–Crippen MR) is 103 cm³/mol. The summed E-state index contributed by atoms with van der Waals surface area (Å²) >= 11 is 3.48. The molecule has 0 saturated heterocycles. The van der Waals surface area contributed by atoms with E-state index in [9.17, 15) is 0 Å². The molecule has 0 fully saturated rings. The zero-order chi connectivity index (χ0) is 17.1. The van der Waals surface area contributed by atoms with Crippen LogP contribution in [0.25, 0.3) is 0 Å². The molecule has 0 bridgehead atoms. The van der Waals surface area contributed by atoms with E-state index >= 15 is 0 Å². The topological polar surface area (TPSA) is 49.8 Å². The van der Waals surface area contributed by atoms with Crippen LogP contribution in [0.15, 0.2) is 53.0 Å². The summed E-state index contributed by atoms with van der Waals surface area (Å²) in [6.45, 7) is 6.12. The van der Waals surface area contributed by atoms with Gasteiger partial charge in [0.25, 0.3) is 0 Å². The maximum Gasteiger partial charge on any atom is 0.229 e. The molecule has 4 nitrogen and oxygen atoms in total. The molecule has 0 aliphatic rings. The maximum atomic E-state index is 4.56. The fraction of sp³-hybridized carbons (Fsp3) is 0.158. The molecule has 0 atom stereocenters. The smallest absolute Gasteiger partial charge is 0.229 e. The van der Waals surface area contributed by atoms with Gasteiger partial charge in [-0.05, 0) is 62.2 Å². The molecule has 0 radical (unpaired) electrons. The first-order valence-electron chi connectivity index (χ1n) is 7.71. The molecule has 0 amide bonds. The Kier molecular flexibility index (Phi) is 4.81. The Bertz CT molecular complexity index is 857. The fourth-order valence-electron chi connectivity index (χ4n) is 2.58. The van der Waals surface area contributed by atoms with E-state index in [4.69, 9.17) is 0 Å². The van der Waals surface area contributed by atoms with Crippen LogP contribution >= 0.6 is 15.9 Å². The lowest BCUT2D eigenvalue weighted by molar-refractivity contribution is 1.11. The van der Waals surface area contributed by atoms with Crippen LogP contribution in [0, 0.1) is 20.8 Å². The Morgan fingerprint density at radius 2 is 1.54 bits per heavy atom. The van der Waals surface area contributed by atoms with E-state index in [1.807, 2.05) is 37.3 Å². The molecule has 3 aromatic rings. The number of anilines is 4. The van der Waals surface area contributed by atoms with Gasteiger partial charge in [-0.25, -0.2) is 4.98 Å². The minimum absolute atomic E-state index is 0.581. The Balaban J connectivity index is 1.85. The summed E-state index contributed by atoms with van der Waals surface area (Å²) in [5, 5.41) is 6.61.